The van der Waals surface area contributed by atoms with Crippen LogP contribution in [0.25, 0.3) is 0 Å². The Morgan fingerprint density at radius 3 is 2.88 bits per heavy atom. The summed E-state index contributed by atoms with van der Waals surface area (Å²) < 4.78 is 18.1. The van der Waals surface area contributed by atoms with Crippen molar-refractivity contribution in [2.24, 2.45) is 0 Å². The van der Waals surface area contributed by atoms with E-state index in [4.69, 9.17) is 16.3 Å². The second-order valence-electron chi connectivity index (χ2n) is 3.73. The molecule has 3 nitrogen and oxygen atoms in total. The first-order chi connectivity index (χ1) is 8.04. The lowest BCUT2D eigenvalue weighted by molar-refractivity contribution is 0.0949. The minimum Gasteiger partial charge on any atom is -0.383 e. The predicted molar refractivity (Wildman–Crippen MR) is 65.0 cm³/mol. The molecule has 0 heterocycles. The van der Waals surface area contributed by atoms with E-state index in [1.54, 1.807) is 19.1 Å². The van der Waals surface area contributed by atoms with Gasteiger partial charge in [-0.25, -0.2) is 4.39 Å². The summed E-state index contributed by atoms with van der Waals surface area (Å²) in [5.41, 5.74) is 0.797. The summed E-state index contributed by atoms with van der Waals surface area (Å²) in [4.78, 5) is 11.6. The first-order valence-electron chi connectivity index (χ1n) is 5.22. The molecule has 1 unspecified atom stereocenters. The smallest absolute Gasteiger partial charge is 0.251 e. The average molecular weight is 260 g/mol. The zero-order chi connectivity index (χ0) is 12.8. The number of carbonyl (C=O) groups is 1. The largest absolute Gasteiger partial charge is 0.383 e. The van der Waals surface area contributed by atoms with Crippen molar-refractivity contribution in [3.05, 3.63) is 35.1 Å². The van der Waals surface area contributed by atoms with Crippen LogP contribution in [0.5, 0.6) is 0 Å². The standard InChI is InChI=1S/C12H15ClFNO2/c1-8-3-4-9(5-11(8)14)12(16)15-6-10(13)7-17-2/h3-5,10H,6-7H2,1-2H3,(H,15,16). The summed E-state index contributed by atoms with van der Waals surface area (Å²) in [6.45, 7) is 2.28. The zero-order valence-corrected chi connectivity index (χ0v) is 10.6. The van der Waals surface area contributed by atoms with Crippen LogP contribution >= 0.6 is 11.6 Å². The molecule has 0 aliphatic heterocycles. The highest BCUT2D eigenvalue weighted by molar-refractivity contribution is 6.21. The number of carbonyl (C=O) groups excluding carboxylic acids is 1. The number of amides is 1. The van der Waals surface area contributed by atoms with Crippen molar-refractivity contribution in [1.82, 2.24) is 5.32 Å². The number of benzene rings is 1. The molecule has 1 atom stereocenters. The van der Waals surface area contributed by atoms with Crippen LogP contribution in [0.2, 0.25) is 0 Å². The molecule has 94 valence electrons. The highest BCUT2D eigenvalue weighted by Gasteiger charge is 2.10. The Bertz CT molecular complexity index is 398. The van der Waals surface area contributed by atoms with Gasteiger partial charge in [0.05, 0.1) is 12.0 Å². The molecule has 0 radical (unpaired) electrons. The van der Waals surface area contributed by atoms with Crippen molar-refractivity contribution in [3.8, 4) is 0 Å². The molecule has 1 aromatic carbocycles. The minimum atomic E-state index is -0.392. The topological polar surface area (TPSA) is 38.3 Å². The zero-order valence-electron chi connectivity index (χ0n) is 9.80. The second kappa shape index (κ2) is 6.57. The van der Waals surface area contributed by atoms with Gasteiger partial charge in [-0.3, -0.25) is 4.79 Å². The third-order valence-corrected chi connectivity index (χ3v) is 2.55. The molecule has 1 aromatic rings. The number of halogens is 2. The highest BCUT2D eigenvalue weighted by atomic mass is 35.5. The van der Waals surface area contributed by atoms with Crippen molar-refractivity contribution in [1.29, 1.82) is 0 Å². The third kappa shape index (κ3) is 4.32. The summed E-state index contributed by atoms with van der Waals surface area (Å²) >= 11 is 5.86. The number of methoxy groups -OCH3 is 1. The number of aryl methyl sites for hydroxylation is 1. The number of nitrogens with one attached hydrogen (secondary N) is 1. The van der Waals surface area contributed by atoms with Gasteiger partial charge < -0.3 is 10.1 Å². The SMILES string of the molecule is COCC(Cl)CNC(=O)c1ccc(C)c(F)c1. The van der Waals surface area contributed by atoms with Crippen LogP contribution in [0.15, 0.2) is 18.2 Å². The van der Waals surface area contributed by atoms with Gasteiger partial charge in [0.1, 0.15) is 5.82 Å². The molecule has 1 amide bonds. The molecule has 17 heavy (non-hydrogen) atoms. The van der Waals surface area contributed by atoms with Gasteiger partial charge in [0.25, 0.3) is 5.91 Å². The van der Waals surface area contributed by atoms with E-state index in [1.165, 1.54) is 13.2 Å². The van der Waals surface area contributed by atoms with Crippen molar-refractivity contribution in [2.45, 2.75) is 12.3 Å². The molecule has 0 aliphatic rings. The Hall–Kier alpha value is -1.13. The fourth-order valence-electron chi connectivity index (χ4n) is 1.28. The van der Waals surface area contributed by atoms with Gasteiger partial charge in [-0.1, -0.05) is 6.07 Å². The lowest BCUT2D eigenvalue weighted by Crippen LogP contribution is -2.31. The number of alkyl halides is 1. The number of ether oxygens (including phenoxy) is 1. The summed E-state index contributed by atoms with van der Waals surface area (Å²) in [6, 6.07) is 4.36. The summed E-state index contributed by atoms with van der Waals surface area (Å²) in [5, 5.41) is 2.32. The Morgan fingerprint density at radius 2 is 2.29 bits per heavy atom. The maximum absolute atomic E-state index is 13.2. The van der Waals surface area contributed by atoms with Gasteiger partial charge in [0.2, 0.25) is 0 Å². The third-order valence-electron chi connectivity index (χ3n) is 2.27. The van der Waals surface area contributed by atoms with Gasteiger partial charge in [0.15, 0.2) is 0 Å². The van der Waals surface area contributed by atoms with Crippen LogP contribution in [-0.4, -0.2) is 31.5 Å². The van der Waals surface area contributed by atoms with E-state index < -0.39 is 5.82 Å². The Labute approximate surface area is 105 Å². The number of hydrogen-bond donors (Lipinski definition) is 1. The molecule has 0 bridgehead atoms. The first-order valence-corrected chi connectivity index (χ1v) is 5.65. The molecule has 0 saturated heterocycles. The first kappa shape index (κ1) is 13.9. The highest BCUT2D eigenvalue weighted by Crippen LogP contribution is 2.09. The van der Waals surface area contributed by atoms with Crippen LogP contribution in [-0.2, 0) is 4.74 Å². The van der Waals surface area contributed by atoms with Crippen LogP contribution in [0.3, 0.4) is 0 Å². The van der Waals surface area contributed by atoms with Crippen molar-refractivity contribution < 1.29 is 13.9 Å². The molecular formula is C12H15ClFNO2. The fourth-order valence-corrected chi connectivity index (χ4v) is 1.48. The Morgan fingerprint density at radius 1 is 1.59 bits per heavy atom. The maximum Gasteiger partial charge on any atom is 0.251 e. The number of rotatable bonds is 5. The molecule has 5 heteroatoms. The molecule has 0 fully saturated rings. The van der Waals surface area contributed by atoms with E-state index in [0.29, 0.717) is 12.2 Å². The van der Waals surface area contributed by atoms with Gasteiger partial charge in [-0.15, -0.1) is 11.6 Å². The van der Waals surface area contributed by atoms with E-state index in [9.17, 15) is 9.18 Å². The van der Waals surface area contributed by atoms with Crippen molar-refractivity contribution in [2.75, 3.05) is 20.3 Å². The van der Waals surface area contributed by atoms with Crippen LogP contribution in [0.1, 0.15) is 15.9 Å². The minimum absolute atomic E-state index is 0.281. The number of hydrogen-bond acceptors (Lipinski definition) is 2. The van der Waals surface area contributed by atoms with Crippen LogP contribution in [0.4, 0.5) is 4.39 Å². The molecule has 1 N–H and O–H groups in total. The molecular weight excluding hydrogens is 245 g/mol. The van der Waals surface area contributed by atoms with E-state index in [0.717, 1.165) is 0 Å². The monoisotopic (exact) mass is 259 g/mol. The Balaban J connectivity index is 2.55. The molecule has 0 aliphatic carbocycles. The summed E-state index contributed by atoms with van der Waals surface area (Å²) in [6.07, 6.45) is 0. The lowest BCUT2D eigenvalue weighted by Gasteiger charge is -2.10. The quantitative estimate of drug-likeness (QED) is 0.823. The van der Waals surface area contributed by atoms with Crippen LogP contribution in [0, 0.1) is 12.7 Å². The second-order valence-corrected chi connectivity index (χ2v) is 4.34. The van der Waals surface area contributed by atoms with E-state index >= 15 is 0 Å². The van der Waals surface area contributed by atoms with Crippen molar-refractivity contribution >= 4 is 17.5 Å². The normalized spacial score (nSPS) is 12.2. The van der Waals surface area contributed by atoms with Crippen LogP contribution < -0.4 is 5.32 Å². The van der Waals surface area contributed by atoms with Gasteiger partial charge in [-0.05, 0) is 24.6 Å². The summed E-state index contributed by atoms with van der Waals surface area (Å²) in [7, 11) is 1.53. The van der Waals surface area contributed by atoms with E-state index in [2.05, 4.69) is 5.32 Å². The molecule has 0 spiro atoms. The fraction of sp³-hybridized carbons (Fsp3) is 0.417. The molecule has 0 aromatic heterocycles. The Kier molecular flexibility index (Phi) is 5.38. The summed E-state index contributed by atoms with van der Waals surface area (Å²) in [5.74, 6) is -0.734. The molecule has 0 saturated carbocycles. The average Bonchev–Trinajstić information content (AvgIpc) is 2.30. The maximum atomic E-state index is 13.2. The predicted octanol–water partition coefficient (Wildman–Crippen LogP) is 2.12. The van der Waals surface area contributed by atoms with Crippen molar-refractivity contribution in [3.63, 3.8) is 0 Å². The van der Waals surface area contributed by atoms with Gasteiger partial charge >= 0.3 is 0 Å². The van der Waals surface area contributed by atoms with Gasteiger partial charge in [-0.2, -0.15) is 0 Å². The lowest BCUT2D eigenvalue weighted by atomic mass is 10.1. The van der Waals surface area contributed by atoms with E-state index in [-0.39, 0.29) is 23.4 Å². The molecule has 1 rings (SSSR count). The van der Waals surface area contributed by atoms with E-state index in [1.807, 2.05) is 0 Å². The van der Waals surface area contributed by atoms with Gasteiger partial charge in [0, 0.05) is 19.2 Å².